The molecule has 24 heavy (non-hydrogen) atoms. The second-order valence-corrected chi connectivity index (χ2v) is 5.96. The largest absolute Gasteiger partial charge is 0.479 e. The maximum atomic E-state index is 12.6. The Kier molecular flexibility index (Phi) is 5.15. The molecule has 1 aromatic heterocycles. The van der Waals surface area contributed by atoms with Crippen LogP contribution in [-0.2, 0) is 4.79 Å². The second kappa shape index (κ2) is 7.49. The molecule has 1 fully saturated rings. The standard InChI is InChI=1S/C17H19ClN4O2/c1-13(24-15-6-3-2-5-14(15)18)16(23)21-9-11-22(12-10-21)17-19-7-4-8-20-17/h2-8,13H,9-12H2,1H3/t13-/m0/s1. The van der Waals surface area contributed by atoms with E-state index in [0.717, 1.165) is 0 Å². The number of hydrogen-bond donors (Lipinski definition) is 0. The first kappa shape index (κ1) is 16.5. The van der Waals surface area contributed by atoms with Crippen molar-refractivity contribution in [2.75, 3.05) is 31.1 Å². The van der Waals surface area contributed by atoms with Crippen LogP contribution in [0.2, 0.25) is 5.02 Å². The summed E-state index contributed by atoms with van der Waals surface area (Å²) in [6.45, 7) is 4.39. The van der Waals surface area contributed by atoms with Gasteiger partial charge in [-0.25, -0.2) is 9.97 Å². The fraction of sp³-hybridized carbons (Fsp3) is 0.353. The van der Waals surface area contributed by atoms with Gasteiger partial charge in [0.15, 0.2) is 6.10 Å². The van der Waals surface area contributed by atoms with Gasteiger partial charge in [0.2, 0.25) is 5.95 Å². The number of benzene rings is 1. The molecule has 0 aliphatic carbocycles. The number of ether oxygens (including phenoxy) is 1. The predicted molar refractivity (Wildman–Crippen MR) is 92.4 cm³/mol. The van der Waals surface area contributed by atoms with Crippen molar-refractivity contribution in [3.8, 4) is 5.75 Å². The highest BCUT2D eigenvalue weighted by atomic mass is 35.5. The highest BCUT2D eigenvalue weighted by Crippen LogP contribution is 2.24. The summed E-state index contributed by atoms with van der Waals surface area (Å²) in [6, 6.07) is 8.95. The first-order valence-corrected chi connectivity index (χ1v) is 8.25. The molecule has 0 spiro atoms. The van der Waals surface area contributed by atoms with Gasteiger partial charge < -0.3 is 14.5 Å². The quantitative estimate of drug-likeness (QED) is 0.849. The Labute approximate surface area is 146 Å². The zero-order valence-corrected chi connectivity index (χ0v) is 14.2. The Morgan fingerprint density at radius 1 is 1.12 bits per heavy atom. The number of para-hydroxylation sites is 1. The number of amides is 1. The van der Waals surface area contributed by atoms with Gasteiger partial charge >= 0.3 is 0 Å². The third-order valence-electron chi connectivity index (χ3n) is 3.91. The number of aromatic nitrogens is 2. The van der Waals surface area contributed by atoms with Crippen LogP contribution in [0.15, 0.2) is 42.7 Å². The zero-order valence-electron chi connectivity index (χ0n) is 13.4. The molecule has 1 aliphatic heterocycles. The van der Waals surface area contributed by atoms with Gasteiger partial charge in [-0.05, 0) is 25.1 Å². The number of piperazine rings is 1. The Balaban J connectivity index is 1.56. The highest BCUT2D eigenvalue weighted by molar-refractivity contribution is 6.32. The van der Waals surface area contributed by atoms with E-state index in [2.05, 4.69) is 14.9 Å². The zero-order chi connectivity index (χ0) is 16.9. The molecule has 3 rings (SSSR count). The summed E-state index contributed by atoms with van der Waals surface area (Å²) >= 11 is 6.08. The van der Waals surface area contributed by atoms with Gasteiger partial charge in [0, 0.05) is 38.6 Å². The van der Waals surface area contributed by atoms with E-state index in [1.165, 1.54) is 0 Å². The average Bonchev–Trinajstić information content (AvgIpc) is 2.64. The highest BCUT2D eigenvalue weighted by Gasteiger charge is 2.27. The number of anilines is 1. The lowest BCUT2D eigenvalue weighted by molar-refractivity contribution is -0.138. The number of hydrogen-bond acceptors (Lipinski definition) is 5. The van der Waals surface area contributed by atoms with Gasteiger partial charge in [0.05, 0.1) is 5.02 Å². The van der Waals surface area contributed by atoms with Crippen molar-refractivity contribution in [1.29, 1.82) is 0 Å². The number of halogens is 1. The van der Waals surface area contributed by atoms with E-state index in [0.29, 0.717) is 42.9 Å². The van der Waals surface area contributed by atoms with Crippen LogP contribution in [0.4, 0.5) is 5.95 Å². The van der Waals surface area contributed by atoms with E-state index in [-0.39, 0.29) is 5.91 Å². The van der Waals surface area contributed by atoms with Crippen molar-refractivity contribution in [2.45, 2.75) is 13.0 Å². The number of carbonyl (C=O) groups excluding carboxylic acids is 1. The molecule has 0 radical (unpaired) electrons. The van der Waals surface area contributed by atoms with Crippen molar-refractivity contribution in [3.63, 3.8) is 0 Å². The molecule has 0 unspecified atom stereocenters. The van der Waals surface area contributed by atoms with Crippen molar-refractivity contribution in [3.05, 3.63) is 47.7 Å². The molecule has 126 valence electrons. The lowest BCUT2D eigenvalue weighted by Crippen LogP contribution is -2.52. The van der Waals surface area contributed by atoms with Gasteiger partial charge in [-0.3, -0.25) is 4.79 Å². The molecular weight excluding hydrogens is 328 g/mol. The van der Waals surface area contributed by atoms with Crippen molar-refractivity contribution in [2.24, 2.45) is 0 Å². The summed E-state index contributed by atoms with van der Waals surface area (Å²) in [4.78, 5) is 24.9. The normalized spacial score (nSPS) is 15.9. The van der Waals surface area contributed by atoms with E-state index in [4.69, 9.17) is 16.3 Å². The van der Waals surface area contributed by atoms with Crippen LogP contribution in [0.1, 0.15) is 6.92 Å². The fourth-order valence-electron chi connectivity index (χ4n) is 2.62. The van der Waals surface area contributed by atoms with Crippen molar-refractivity contribution >= 4 is 23.5 Å². The van der Waals surface area contributed by atoms with Gasteiger partial charge in [0.1, 0.15) is 5.75 Å². The lowest BCUT2D eigenvalue weighted by Gasteiger charge is -2.35. The van der Waals surface area contributed by atoms with Crippen molar-refractivity contribution in [1.82, 2.24) is 14.9 Å². The van der Waals surface area contributed by atoms with E-state index in [9.17, 15) is 4.79 Å². The van der Waals surface area contributed by atoms with E-state index in [1.54, 1.807) is 42.4 Å². The van der Waals surface area contributed by atoms with Crippen LogP contribution in [0.5, 0.6) is 5.75 Å². The summed E-state index contributed by atoms with van der Waals surface area (Å²) in [5, 5.41) is 0.503. The van der Waals surface area contributed by atoms with E-state index < -0.39 is 6.10 Å². The fourth-order valence-corrected chi connectivity index (χ4v) is 2.80. The average molecular weight is 347 g/mol. The summed E-state index contributed by atoms with van der Waals surface area (Å²) in [5.74, 6) is 1.19. The van der Waals surface area contributed by atoms with Crippen LogP contribution in [0.25, 0.3) is 0 Å². The summed E-state index contributed by atoms with van der Waals surface area (Å²) in [6.07, 6.45) is 2.86. The molecule has 1 aliphatic rings. The summed E-state index contributed by atoms with van der Waals surface area (Å²) in [5.41, 5.74) is 0. The lowest BCUT2D eigenvalue weighted by atomic mass is 10.2. The molecule has 6 nitrogen and oxygen atoms in total. The summed E-state index contributed by atoms with van der Waals surface area (Å²) in [7, 11) is 0. The molecule has 7 heteroatoms. The molecule has 2 aromatic rings. The Morgan fingerprint density at radius 2 is 1.79 bits per heavy atom. The molecule has 1 saturated heterocycles. The Bertz CT molecular complexity index is 690. The first-order chi connectivity index (χ1) is 11.6. The molecule has 1 atom stereocenters. The van der Waals surface area contributed by atoms with Crippen LogP contribution < -0.4 is 9.64 Å². The van der Waals surface area contributed by atoms with Gasteiger partial charge in [0.25, 0.3) is 5.91 Å². The van der Waals surface area contributed by atoms with Gasteiger partial charge in [-0.2, -0.15) is 0 Å². The number of nitrogens with zero attached hydrogens (tertiary/aromatic N) is 4. The molecule has 1 aromatic carbocycles. The van der Waals surface area contributed by atoms with E-state index in [1.807, 2.05) is 12.1 Å². The minimum atomic E-state index is -0.579. The third-order valence-corrected chi connectivity index (χ3v) is 4.23. The van der Waals surface area contributed by atoms with E-state index >= 15 is 0 Å². The van der Waals surface area contributed by atoms with Crippen LogP contribution in [-0.4, -0.2) is 53.1 Å². The first-order valence-electron chi connectivity index (χ1n) is 7.87. The van der Waals surface area contributed by atoms with Gasteiger partial charge in [-0.1, -0.05) is 23.7 Å². The van der Waals surface area contributed by atoms with Crippen LogP contribution in [0, 0.1) is 0 Å². The van der Waals surface area contributed by atoms with Gasteiger partial charge in [-0.15, -0.1) is 0 Å². The van der Waals surface area contributed by atoms with Crippen LogP contribution in [0.3, 0.4) is 0 Å². The molecule has 0 bridgehead atoms. The SMILES string of the molecule is C[C@H](Oc1ccccc1Cl)C(=O)N1CCN(c2ncccn2)CC1. The molecule has 1 amide bonds. The molecule has 0 saturated carbocycles. The summed E-state index contributed by atoms with van der Waals surface area (Å²) < 4.78 is 5.71. The molecular formula is C17H19ClN4O2. The number of carbonyl (C=O) groups is 1. The topological polar surface area (TPSA) is 58.6 Å². The third kappa shape index (κ3) is 3.76. The van der Waals surface area contributed by atoms with Crippen LogP contribution >= 0.6 is 11.6 Å². The maximum Gasteiger partial charge on any atom is 0.263 e. The predicted octanol–water partition coefficient (Wildman–Crippen LogP) is 2.25. The smallest absolute Gasteiger partial charge is 0.263 e. The maximum absolute atomic E-state index is 12.6. The minimum Gasteiger partial charge on any atom is -0.479 e. The molecule has 2 heterocycles. The Hall–Kier alpha value is -2.34. The minimum absolute atomic E-state index is 0.0384. The number of rotatable bonds is 4. The van der Waals surface area contributed by atoms with Crippen molar-refractivity contribution < 1.29 is 9.53 Å². The Morgan fingerprint density at radius 3 is 2.46 bits per heavy atom. The monoisotopic (exact) mass is 346 g/mol. The molecule has 0 N–H and O–H groups in total. The second-order valence-electron chi connectivity index (χ2n) is 5.55.